The highest BCUT2D eigenvalue weighted by Gasteiger charge is 2.08. The highest BCUT2D eigenvalue weighted by atomic mass is 35.5. The van der Waals surface area contributed by atoms with E-state index in [0.717, 1.165) is 0 Å². The van der Waals surface area contributed by atoms with Gasteiger partial charge in [0.25, 0.3) is 0 Å². The first-order chi connectivity index (χ1) is 6.65. The second-order valence-electron chi connectivity index (χ2n) is 2.79. The third-order valence-electron chi connectivity index (χ3n) is 1.85. The molecule has 0 atom stereocenters. The molecule has 0 saturated heterocycles. The van der Waals surface area contributed by atoms with Gasteiger partial charge in [0, 0.05) is 6.42 Å². The van der Waals surface area contributed by atoms with Crippen molar-refractivity contribution >= 4 is 16.8 Å². The number of hydrogen-bond donors (Lipinski definition) is 0. The summed E-state index contributed by atoms with van der Waals surface area (Å²) in [6.07, 6.45) is 0.428. The van der Waals surface area contributed by atoms with Gasteiger partial charge in [-0.2, -0.15) is 0 Å². The zero-order valence-electron chi connectivity index (χ0n) is 7.72. The molecule has 2 nitrogen and oxygen atoms in total. The number of aryl methyl sites for hydroxylation is 1. The predicted molar refractivity (Wildman–Crippen MR) is 52.1 cm³/mol. The highest BCUT2D eigenvalue weighted by molar-refractivity contribution is 6.63. The topological polar surface area (TPSA) is 26.3 Å². The molecule has 0 aliphatic rings. The van der Waals surface area contributed by atoms with Gasteiger partial charge in [0.2, 0.25) is 5.24 Å². The van der Waals surface area contributed by atoms with Crippen LogP contribution in [0.2, 0.25) is 0 Å². The molecule has 76 valence electrons. The monoisotopic (exact) mass is 216 g/mol. The Morgan fingerprint density at radius 3 is 2.86 bits per heavy atom. The highest BCUT2D eigenvalue weighted by Crippen LogP contribution is 2.21. The maximum Gasteiger partial charge on any atom is 0.221 e. The molecular weight excluding hydrogens is 207 g/mol. The number of carbonyl (C=O) groups excluding carboxylic acids is 1. The molecule has 0 bridgehead atoms. The normalized spacial score (nSPS) is 9.93. The molecule has 1 aromatic rings. The zero-order chi connectivity index (χ0) is 10.6. The molecular formula is C10H10ClFO2. The minimum absolute atomic E-state index is 0.131. The lowest BCUT2D eigenvalue weighted by atomic mass is 10.1. The van der Waals surface area contributed by atoms with Crippen molar-refractivity contribution in [3.63, 3.8) is 0 Å². The van der Waals surface area contributed by atoms with E-state index < -0.39 is 11.1 Å². The molecule has 0 unspecified atom stereocenters. The maximum absolute atomic E-state index is 13.4. The second kappa shape index (κ2) is 4.96. The van der Waals surface area contributed by atoms with Gasteiger partial charge in [-0.1, -0.05) is 12.1 Å². The van der Waals surface area contributed by atoms with E-state index >= 15 is 0 Å². The zero-order valence-corrected chi connectivity index (χ0v) is 8.47. The molecule has 0 N–H and O–H groups in total. The van der Waals surface area contributed by atoms with Crippen molar-refractivity contribution in [3.05, 3.63) is 29.6 Å². The summed E-state index contributed by atoms with van der Waals surface area (Å²) in [5.41, 5.74) is 0.443. The molecule has 0 radical (unpaired) electrons. The molecule has 0 saturated carbocycles. The molecule has 0 spiro atoms. The van der Waals surface area contributed by atoms with Crippen LogP contribution in [-0.4, -0.2) is 12.4 Å². The van der Waals surface area contributed by atoms with E-state index in [1.165, 1.54) is 13.2 Å². The minimum atomic E-state index is -0.466. The Kier molecular flexibility index (Phi) is 3.89. The summed E-state index contributed by atoms with van der Waals surface area (Å²) in [4.78, 5) is 10.5. The van der Waals surface area contributed by atoms with Gasteiger partial charge in [0.05, 0.1) is 7.11 Å². The standard InChI is InChI=1S/C10H10ClFO2/c1-14-8-4-2-3-7(10(8)12)5-6-9(11)13/h2-4H,5-6H2,1H3. The van der Waals surface area contributed by atoms with E-state index in [0.29, 0.717) is 12.0 Å². The molecule has 14 heavy (non-hydrogen) atoms. The van der Waals surface area contributed by atoms with Crippen LogP contribution in [0.3, 0.4) is 0 Å². The van der Waals surface area contributed by atoms with Crippen molar-refractivity contribution in [3.8, 4) is 5.75 Å². The Labute approximate surface area is 86.6 Å². The fraction of sp³-hybridized carbons (Fsp3) is 0.300. The van der Waals surface area contributed by atoms with E-state index in [4.69, 9.17) is 16.3 Å². The number of benzene rings is 1. The second-order valence-corrected chi connectivity index (χ2v) is 3.21. The van der Waals surface area contributed by atoms with Crippen LogP contribution in [0, 0.1) is 5.82 Å². The van der Waals surface area contributed by atoms with Gasteiger partial charge in [-0.3, -0.25) is 4.79 Å². The summed E-state index contributed by atoms with van der Waals surface area (Å²) >= 11 is 5.16. The van der Waals surface area contributed by atoms with Gasteiger partial charge in [0.15, 0.2) is 11.6 Å². The Morgan fingerprint density at radius 1 is 1.57 bits per heavy atom. The maximum atomic E-state index is 13.4. The first-order valence-electron chi connectivity index (χ1n) is 4.15. The largest absolute Gasteiger partial charge is 0.494 e. The molecule has 0 aromatic heterocycles. The molecule has 0 heterocycles. The van der Waals surface area contributed by atoms with Crippen LogP contribution in [0.25, 0.3) is 0 Å². The van der Waals surface area contributed by atoms with Crippen molar-refractivity contribution in [2.24, 2.45) is 0 Å². The molecule has 0 aliphatic heterocycles. The van der Waals surface area contributed by atoms with Crippen molar-refractivity contribution < 1.29 is 13.9 Å². The van der Waals surface area contributed by atoms with Gasteiger partial charge in [0.1, 0.15) is 0 Å². The van der Waals surface area contributed by atoms with E-state index in [9.17, 15) is 9.18 Å². The summed E-state index contributed by atoms with van der Waals surface area (Å²) in [5.74, 6) is -0.238. The van der Waals surface area contributed by atoms with Crippen LogP contribution in [0.1, 0.15) is 12.0 Å². The number of rotatable bonds is 4. The van der Waals surface area contributed by atoms with Gasteiger partial charge < -0.3 is 4.74 Å². The summed E-state index contributed by atoms with van der Waals surface area (Å²) in [6.45, 7) is 0. The fourth-order valence-corrected chi connectivity index (χ4v) is 1.23. The number of halogens is 2. The summed E-state index contributed by atoms with van der Waals surface area (Å²) in [5, 5.41) is -0.466. The lowest BCUT2D eigenvalue weighted by Gasteiger charge is -2.05. The van der Waals surface area contributed by atoms with E-state index in [-0.39, 0.29) is 12.2 Å². The van der Waals surface area contributed by atoms with Crippen LogP contribution in [0.5, 0.6) is 5.75 Å². The smallest absolute Gasteiger partial charge is 0.221 e. The number of ether oxygens (including phenoxy) is 1. The van der Waals surface area contributed by atoms with Gasteiger partial charge in [-0.05, 0) is 29.7 Å². The Hall–Kier alpha value is -1.09. The van der Waals surface area contributed by atoms with Crippen molar-refractivity contribution in [2.75, 3.05) is 7.11 Å². The Morgan fingerprint density at radius 2 is 2.29 bits per heavy atom. The quantitative estimate of drug-likeness (QED) is 0.723. The van der Waals surface area contributed by atoms with Crippen LogP contribution in [0.4, 0.5) is 4.39 Å². The van der Waals surface area contributed by atoms with E-state index in [2.05, 4.69) is 0 Å². The van der Waals surface area contributed by atoms with Crippen molar-refractivity contribution in [2.45, 2.75) is 12.8 Å². The average Bonchev–Trinajstić information content (AvgIpc) is 2.16. The van der Waals surface area contributed by atoms with Gasteiger partial charge in [-0.25, -0.2) is 4.39 Å². The lowest BCUT2D eigenvalue weighted by Crippen LogP contribution is -1.97. The van der Waals surface area contributed by atoms with E-state index in [1.54, 1.807) is 12.1 Å². The Bertz CT molecular complexity index is 339. The predicted octanol–water partition coefficient (Wildman–Crippen LogP) is 2.53. The summed E-state index contributed by atoms with van der Waals surface area (Å²) in [6, 6.07) is 4.81. The Balaban J connectivity index is 2.81. The van der Waals surface area contributed by atoms with E-state index in [1.807, 2.05) is 0 Å². The first-order valence-corrected chi connectivity index (χ1v) is 4.52. The third-order valence-corrected chi connectivity index (χ3v) is 2.04. The van der Waals surface area contributed by atoms with Crippen molar-refractivity contribution in [1.29, 1.82) is 0 Å². The average molecular weight is 217 g/mol. The van der Waals surface area contributed by atoms with Crippen LogP contribution < -0.4 is 4.74 Å². The van der Waals surface area contributed by atoms with Crippen molar-refractivity contribution in [1.82, 2.24) is 0 Å². The van der Waals surface area contributed by atoms with Crippen LogP contribution >= 0.6 is 11.6 Å². The molecule has 0 fully saturated rings. The van der Waals surface area contributed by atoms with Gasteiger partial charge in [-0.15, -0.1) is 0 Å². The summed E-state index contributed by atoms with van der Waals surface area (Å²) in [7, 11) is 1.40. The number of hydrogen-bond acceptors (Lipinski definition) is 2. The summed E-state index contributed by atoms with van der Waals surface area (Å²) < 4.78 is 18.2. The number of methoxy groups -OCH3 is 1. The molecule has 4 heteroatoms. The van der Waals surface area contributed by atoms with Gasteiger partial charge >= 0.3 is 0 Å². The first kappa shape index (κ1) is 11.0. The van der Waals surface area contributed by atoms with Crippen LogP contribution in [-0.2, 0) is 11.2 Å². The minimum Gasteiger partial charge on any atom is -0.494 e. The fourth-order valence-electron chi connectivity index (χ4n) is 1.14. The third kappa shape index (κ3) is 2.70. The molecule has 1 aromatic carbocycles. The number of carbonyl (C=O) groups is 1. The van der Waals surface area contributed by atoms with Crippen LogP contribution in [0.15, 0.2) is 18.2 Å². The lowest BCUT2D eigenvalue weighted by molar-refractivity contribution is -0.111. The molecule has 0 amide bonds. The SMILES string of the molecule is COc1cccc(CCC(=O)Cl)c1F. The molecule has 0 aliphatic carbocycles. The molecule has 1 rings (SSSR count).